The number of carbonyl (C=O) groups excluding carboxylic acids is 1. The van der Waals surface area contributed by atoms with Crippen LogP contribution < -0.4 is 5.32 Å². The largest absolute Gasteiger partial charge is 0.389 e. The average molecular weight is 345 g/mol. The second-order valence-corrected chi connectivity index (χ2v) is 6.79. The van der Waals surface area contributed by atoms with E-state index in [2.05, 4.69) is 5.32 Å². The van der Waals surface area contributed by atoms with Crippen molar-refractivity contribution >= 4 is 16.9 Å². The van der Waals surface area contributed by atoms with Gasteiger partial charge in [0.2, 0.25) is 5.91 Å². The highest BCUT2D eigenvalue weighted by molar-refractivity contribution is 5.81. The predicted octanol–water partition coefficient (Wildman–Crippen LogP) is 2.21. The Kier molecular flexibility index (Phi) is 6.04. The number of aromatic nitrogens is 2. The highest BCUT2D eigenvalue weighted by Crippen LogP contribution is 2.33. The number of aliphatic hydroxyl groups excluding tert-OH is 1. The first-order valence-corrected chi connectivity index (χ1v) is 9.08. The summed E-state index contributed by atoms with van der Waals surface area (Å²) in [5.41, 5.74) is 1.94. The zero-order valence-electron chi connectivity index (χ0n) is 14.8. The molecular weight excluding hydrogens is 318 g/mol. The summed E-state index contributed by atoms with van der Waals surface area (Å²) in [5, 5.41) is 12.5. The number of hydrogen-bond donors (Lipinski definition) is 2. The summed E-state index contributed by atoms with van der Waals surface area (Å²) < 4.78 is 6.93. The number of nitrogens with one attached hydrogen (secondary N) is 1. The van der Waals surface area contributed by atoms with E-state index in [1.54, 1.807) is 0 Å². The quantitative estimate of drug-likeness (QED) is 0.807. The zero-order chi connectivity index (χ0) is 17.6. The van der Waals surface area contributed by atoms with E-state index < -0.39 is 6.10 Å². The first kappa shape index (κ1) is 17.9. The van der Waals surface area contributed by atoms with Crippen LogP contribution in [0, 0.1) is 0 Å². The number of ether oxygens (including phenoxy) is 1. The maximum atomic E-state index is 12.4. The van der Waals surface area contributed by atoms with E-state index in [1.807, 2.05) is 28.8 Å². The molecule has 2 aromatic rings. The van der Waals surface area contributed by atoms with Crippen LogP contribution in [0.25, 0.3) is 11.0 Å². The number of hydrogen-bond acceptors (Lipinski definition) is 4. The van der Waals surface area contributed by atoms with E-state index in [0.717, 1.165) is 29.7 Å². The Balaban J connectivity index is 1.77. The Labute approximate surface area is 148 Å². The maximum Gasteiger partial charge on any atom is 0.240 e. The fourth-order valence-corrected chi connectivity index (χ4v) is 3.62. The number of rotatable bonds is 7. The van der Waals surface area contributed by atoms with Crippen LogP contribution in [0.1, 0.15) is 43.8 Å². The molecule has 6 nitrogen and oxygen atoms in total. The maximum absolute atomic E-state index is 12.4. The monoisotopic (exact) mass is 345 g/mol. The fourth-order valence-electron chi connectivity index (χ4n) is 3.62. The van der Waals surface area contributed by atoms with Gasteiger partial charge in [-0.05, 0) is 25.0 Å². The molecule has 1 aliphatic carbocycles. The number of imidazole rings is 1. The topological polar surface area (TPSA) is 76.4 Å². The lowest BCUT2D eigenvalue weighted by Crippen LogP contribution is -2.36. The van der Waals surface area contributed by atoms with Crippen molar-refractivity contribution in [1.29, 1.82) is 0 Å². The molecule has 1 aromatic carbocycles. The number of aliphatic hydroxyl groups is 1. The molecule has 6 heteroatoms. The number of carbonyl (C=O) groups is 1. The van der Waals surface area contributed by atoms with Crippen LogP contribution >= 0.6 is 0 Å². The molecule has 0 spiro atoms. The Morgan fingerprint density at radius 3 is 2.88 bits per heavy atom. The van der Waals surface area contributed by atoms with Crippen LogP contribution in [0.3, 0.4) is 0 Å². The molecule has 0 bridgehead atoms. The molecule has 1 fully saturated rings. The first-order chi connectivity index (χ1) is 12.2. The van der Waals surface area contributed by atoms with E-state index in [1.165, 1.54) is 26.4 Å². The third kappa shape index (κ3) is 4.38. The Bertz CT molecular complexity index is 707. The summed E-state index contributed by atoms with van der Waals surface area (Å²) in [6, 6.07) is 7.97. The number of methoxy groups -OCH3 is 1. The van der Waals surface area contributed by atoms with E-state index in [9.17, 15) is 9.90 Å². The molecule has 1 atom stereocenters. The third-order valence-electron chi connectivity index (χ3n) is 4.85. The zero-order valence-corrected chi connectivity index (χ0v) is 14.8. The van der Waals surface area contributed by atoms with Crippen molar-refractivity contribution in [1.82, 2.24) is 14.9 Å². The Morgan fingerprint density at radius 2 is 2.12 bits per heavy atom. The van der Waals surface area contributed by atoms with E-state index in [-0.39, 0.29) is 25.6 Å². The lowest BCUT2D eigenvalue weighted by molar-refractivity contribution is -0.122. The molecule has 1 amide bonds. The van der Waals surface area contributed by atoms with Gasteiger partial charge in [0, 0.05) is 19.6 Å². The van der Waals surface area contributed by atoms with E-state index >= 15 is 0 Å². The van der Waals surface area contributed by atoms with Gasteiger partial charge >= 0.3 is 0 Å². The van der Waals surface area contributed by atoms with Gasteiger partial charge in [0.15, 0.2) is 0 Å². The summed E-state index contributed by atoms with van der Waals surface area (Å²) in [6.45, 7) is 0.631. The lowest BCUT2D eigenvalue weighted by Gasteiger charge is -2.22. The third-order valence-corrected chi connectivity index (χ3v) is 4.85. The van der Waals surface area contributed by atoms with Gasteiger partial charge in [-0.1, -0.05) is 31.4 Å². The van der Waals surface area contributed by atoms with Gasteiger partial charge in [-0.2, -0.15) is 0 Å². The number of para-hydroxylation sites is 2. The van der Waals surface area contributed by atoms with Crippen molar-refractivity contribution in [3.8, 4) is 0 Å². The molecule has 3 rings (SSSR count). The standard InChI is InChI=1S/C19H27N3O3/c1-25-13-15(23)11-20-18(24)12-22-17-10-6-5-9-16(17)21-19(22)14-7-3-2-4-8-14/h5-6,9-10,14-15,23H,2-4,7-8,11-13H2,1H3,(H,20,24). The summed E-state index contributed by atoms with van der Waals surface area (Å²) in [7, 11) is 1.53. The second kappa shape index (κ2) is 8.45. The average Bonchev–Trinajstić information content (AvgIpc) is 3.00. The minimum atomic E-state index is -0.689. The molecule has 1 aromatic heterocycles. The van der Waals surface area contributed by atoms with Gasteiger partial charge in [-0.25, -0.2) is 4.98 Å². The van der Waals surface area contributed by atoms with Crippen molar-refractivity contribution in [3.05, 3.63) is 30.1 Å². The second-order valence-electron chi connectivity index (χ2n) is 6.79. The van der Waals surface area contributed by atoms with Crippen LogP contribution in [0.15, 0.2) is 24.3 Å². The highest BCUT2D eigenvalue weighted by atomic mass is 16.5. The van der Waals surface area contributed by atoms with Crippen molar-refractivity contribution in [2.24, 2.45) is 0 Å². The number of fused-ring (bicyclic) bond motifs is 1. The van der Waals surface area contributed by atoms with Gasteiger partial charge in [0.05, 0.1) is 23.7 Å². The van der Waals surface area contributed by atoms with Crippen LogP contribution in [-0.4, -0.2) is 46.9 Å². The van der Waals surface area contributed by atoms with Gasteiger partial charge in [-0.15, -0.1) is 0 Å². The molecule has 1 heterocycles. The van der Waals surface area contributed by atoms with Gasteiger partial charge in [0.1, 0.15) is 12.4 Å². The molecule has 136 valence electrons. The molecule has 0 radical (unpaired) electrons. The highest BCUT2D eigenvalue weighted by Gasteiger charge is 2.23. The Morgan fingerprint density at radius 1 is 1.36 bits per heavy atom. The van der Waals surface area contributed by atoms with Gasteiger partial charge < -0.3 is 19.7 Å². The number of amides is 1. The minimum Gasteiger partial charge on any atom is -0.389 e. The molecule has 1 aliphatic rings. The van der Waals surface area contributed by atoms with Crippen LogP contribution in [-0.2, 0) is 16.1 Å². The smallest absolute Gasteiger partial charge is 0.240 e. The summed E-state index contributed by atoms with van der Waals surface area (Å²) >= 11 is 0. The van der Waals surface area contributed by atoms with E-state index in [0.29, 0.717) is 5.92 Å². The van der Waals surface area contributed by atoms with Gasteiger partial charge in [-0.3, -0.25) is 4.79 Å². The van der Waals surface area contributed by atoms with Crippen LogP contribution in [0.5, 0.6) is 0 Å². The lowest BCUT2D eigenvalue weighted by atomic mass is 9.88. The first-order valence-electron chi connectivity index (χ1n) is 9.08. The molecule has 2 N–H and O–H groups in total. The summed E-state index contributed by atoms with van der Waals surface area (Å²) in [6.07, 6.45) is 5.32. The number of nitrogens with zero attached hydrogens (tertiary/aromatic N) is 2. The van der Waals surface area contributed by atoms with E-state index in [4.69, 9.17) is 9.72 Å². The predicted molar refractivity (Wildman–Crippen MR) is 96.5 cm³/mol. The molecular formula is C19H27N3O3. The molecule has 25 heavy (non-hydrogen) atoms. The van der Waals surface area contributed by atoms with Crippen molar-refractivity contribution in [2.75, 3.05) is 20.3 Å². The molecule has 1 saturated carbocycles. The summed E-state index contributed by atoms with van der Waals surface area (Å²) in [4.78, 5) is 17.2. The molecule has 1 unspecified atom stereocenters. The molecule has 0 saturated heterocycles. The van der Waals surface area contributed by atoms with Gasteiger partial charge in [0.25, 0.3) is 0 Å². The molecule has 0 aliphatic heterocycles. The fraction of sp³-hybridized carbons (Fsp3) is 0.579. The number of benzene rings is 1. The van der Waals surface area contributed by atoms with Crippen molar-refractivity contribution in [3.63, 3.8) is 0 Å². The minimum absolute atomic E-state index is 0.115. The SMILES string of the molecule is COCC(O)CNC(=O)Cn1c(C2CCCCC2)nc2ccccc21. The Hall–Kier alpha value is -1.92. The van der Waals surface area contributed by atoms with Crippen molar-refractivity contribution < 1.29 is 14.6 Å². The normalized spacial score (nSPS) is 16.9. The van der Waals surface area contributed by atoms with Crippen LogP contribution in [0.2, 0.25) is 0 Å². The van der Waals surface area contributed by atoms with Crippen LogP contribution in [0.4, 0.5) is 0 Å². The van der Waals surface area contributed by atoms with Crippen molar-refractivity contribution in [2.45, 2.75) is 50.7 Å². The summed E-state index contributed by atoms with van der Waals surface area (Å²) in [5.74, 6) is 1.33.